The van der Waals surface area contributed by atoms with Gasteiger partial charge in [0.1, 0.15) is 34.6 Å². The SMILES string of the molecule is C#Cc1c(F)ccc2cc(O)cc(-c3ncc4c(N5CC6CCC(C5)N6C(=O)CC)nc(OCC5(CN6CCN(CC7CCN(c8ccc9c(c8)CN(C8CCC(=O)NC8=O)C9=O)CC7)CC6)CC5)nc4c3F)c12. The number of piperidine rings is 2. The number of carbonyl (C=O) groups excluding carboxylic acids is 4. The summed E-state index contributed by atoms with van der Waals surface area (Å²) >= 11 is 0. The maximum absolute atomic E-state index is 17.3. The predicted molar refractivity (Wildman–Crippen MR) is 273 cm³/mol. The monoisotopic (exact) mass is 1010 g/mol. The Labute approximate surface area is 428 Å². The summed E-state index contributed by atoms with van der Waals surface area (Å²) in [6.45, 7) is 11.3. The van der Waals surface area contributed by atoms with Crippen molar-refractivity contribution in [3.63, 3.8) is 0 Å². The summed E-state index contributed by atoms with van der Waals surface area (Å²) in [4.78, 5) is 78.0. The fourth-order valence-electron chi connectivity index (χ4n) is 12.8. The number of benzene rings is 3. The third-order valence-corrected chi connectivity index (χ3v) is 17.0. The Morgan fingerprint density at radius 2 is 1.66 bits per heavy atom. The first kappa shape index (κ1) is 48.0. The average molecular weight is 1010 g/mol. The van der Waals surface area contributed by atoms with Gasteiger partial charge >= 0.3 is 6.01 Å². The summed E-state index contributed by atoms with van der Waals surface area (Å²) in [5, 5.41) is 14.2. The summed E-state index contributed by atoms with van der Waals surface area (Å²) in [6, 6.07) is 10.9. The normalized spacial score (nSPS) is 23.2. The molecule has 18 heteroatoms. The van der Waals surface area contributed by atoms with E-state index in [1.807, 2.05) is 24.0 Å². The van der Waals surface area contributed by atoms with E-state index in [1.54, 1.807) is 4.90 Å². The van der Waals surface area contributed by atoms with E-state index in [1.165, 1.54) is 30.5 Å². The van der Waals surface area contributed by atoms with Gasteiger partial charge in [-0.15, -0.1) is 6.42 Å². The Kier molecular flexibility index (Phi) is 12.4. The van der Waals surface area contributed by atoms with Crippen LogP contribution in [0, 0.1) is 35.3 Å². The van der Waals surface area contributed by atoms with Gasteiger partial charge in [-0.3, -0.25) is 29.5 Å². The van der Waals surface area contributed by atoms with Crippen LogP contribution in [0.25, 0.3) is 32.9 Å². The van der Waals surface area contributed by atoms with Crippen molar-refractivity contribution in [3.8, 4) is 35.4 Å². The zero-order valence-corrected chi connectivity index (χ0v) is 41.6. The minimum absolute atomic E-state index is 0.00761. The summed E-state index contributed by atoms with van der Waals surface area (Å²) in [7, 11) is 0. The highest BCUT2D eigenvalue weighted by Crippen LogP contribution is 2.47. The van der Waals surface area contributed by atoms with Crippen molar-refractivity contribution < 1.29 is 37.8 Å². The number of rotatable bonds is 12. The first-order chi connectivity index (χ1) is 35.8. The van der Waals surface area contributed by atoms with Crippen molar-refractivity contribution in [3.05, 3.63) is 77.0 Å². The quantitative estimate of drug-likeness (QED) is 0.113. The van der Waals surface area contributed by atoms with Crippen molar-refractivity contribution in [2.24, 2.45) is 11.3 Å². The van der Waals surface area contributed by atoms with E-state index in [2.05, 4.69) is 41.9 Å². The lowest BCUT2D eigenvalue weighted by atomic mass is 9.95. The number of hydrogen-bond donors (Lipinski definition) is 2. The molecule has 3 aromatic carbocycles. The van der Waals surface area contributed by atoms with Gasteiger partial charge < -0.3 is 39.2 Å². The summed E-state index contributed by atoms with van der Waals surface area (Å²) in [5.41, 5.74) is 2.48. The summed E-state index contributed by atoms with van der Waals surface area (Å²) in [5.74, 6) is 1.17. The Balaban J connectivity index is 0.699. The minimum atomic E-state index is -0.776. The van der Waals surface area contributed by atoms with E-state index in [-0.39, 0.29) is 81.1 Å². The van der Waals surface area contributed by atoms with E-state index in [4.69, 9.17) is 21.1 Å². The number of hydrogen-bond acceptors (Lipinski definition) is 13. The highest BCUT2D eigenvalue weighted by atomic mass is 19.1. The van der Waals surface area contributed by atoms with Crippen molar-refractivity contribution in [2.45, 2.75) is 89.4 Å². The highest BCUT2D eigenvalue weighted by molar-refractivity contribution is 6.06. The second-order valence-electron chi connectivity index (χ2n) is 21.7. The molecule has 1 aliphatic carbocycles. The van der Waals surface area contributed by atoms with E-state index < -0.39 is 23.6 Å². The van der Waals surface area contributed by atoms with Gasteiger partial charge in [-0.1, -0.05) is 18.9 Å². The Bertz CT molecular complexity index is 3150. The third-order valence-electron chi connectivity index (χ3n) is 17.0. The standard InChI is InChI=1S/C56H60F2N10O6/c1-3-40-44(57)10-5-34-24-39(69)25-42(48(34)40)50-49(58)51-43(26-59-50)52(66-29-37-6-7-38(30-66)68(37)47(71)4-2)62-55(61-51)74-32-56(15-16-56)31-64-21-19-63(20-22-64)27-33-13-17-65(18-14-33)36-8-9-41-35(23-36)28-67(54(41)73)45-11-12-46(70)60-53(45)72/h1,5,8-10,23-26,33,37-38,45,69H,4,6-7,11-22,27-32H2,2H3,(H,60,70,72). The molecule has 12 rings (SSSR count). The van der Waals surface area contributed by atoms with Crippen molar-refractivity contribution in [2.75, 3.05) is 81.9 Å². The summed E-state index contributed by atoms with van der Waals surface area (Å²) in [6.07, 6.45) is 14.2. The first-order valence-electron chi connectivity index (χ1n) is 26.3. The Morgan fingerprint density at radius 1 is 0.905 bits per heavy atom. The molecule has 2 N–H and O–H groups in total. The molecule has 5 aromatic rings. The van der Waals surface area contributed by atoms with Gasteiger partial charge in [0.05, 0.1) is 17.6 Å². The number of aromatic hydroxyl groups is 1. The van der Waals surface area contributed by atoms with Crippen molar-refractivity contribution >= 4 is 56.8 Å². The molecule has 16 nitrogen and oxygen atoms in total. The number of phenols is 1. The van der Waals surface area contributed by atoms with Crippen LogP contribution in [0.5, 0.6) is 11.8 Å². The number of fused-ring (bicyclic) bond motifs is 5. The number of nitrogens with zero attached hydrogens (tertiary/aromatic N) is 9. The molecule has 6 aliphatic heterocycles. The number of carbonyl (C=O) groups is 4. The lowest BCUT2D eigenvalue weighted by Gasteiger charge is -2.41. The van der Waals surface area contributed by atoms with Crippen LogP contribution in [0.1, 0.15) is 86.2 Å². The second kappa shape index (κ2) is 19.1. The highest BCUT2D eigenvalue weighted by Gasteiger charge is 2.47. The van der Waals surface area contributed by atoms with Crippen LogP contribution in [0.2, 0.25) is 0 Å². The topological polar surface area (TPSA) is 168 Å². The molecule has 0 radical (unpaired) electrons. The lowest BCUT2D eigenvalue weighted by Crippen LogP contribution is -2.56. The number of imide groups is 1. The minimum Gasteiger partial charge on any atom is -0.508 e. The van der Waals surface area contributed by atoms with Crippen LogP contribution >= 0.6 is 0 Å². The van der Waals surface area contributed by atoms with Crippen LogP contribution in [0.3, 0.4) is 0 Å². The molecule has 2 bridgehead atoms. The third kappa shape index (κ3) is 8.80. The molecule has 2 aromatic heterocycles. The Hall–Kier alpha value is -6.97. The fourth-order valence-corrected chi connectivity index (χ4v) is 12.8. The number of halogens is 2. The molecule has 0 spiro atoms. The largest absolute Gasteiger partial charge is 0.508 e. The van der Waals surface area contributed by atoms with Crippen molar-refractivity contribution in [1.29, 1.82) is 0 Å². The van der Waals surface area contributed by atoms with Gasteiger partial charge in [-0.25, -0.2) is 8.78 Å². The molecule has 384 valence electrons. The number of pyridine rings is 1. The zero-order valence-electron chi connectivity index (χ0n) is 41.6. The fraction of sp³-hybridized carbons (Fsp3) is 0.482. The van der Waals surface area contributed by atoms with E-state index >= 15 is 8.78 Å². The van der Waals surface area contributed by atoms with Crippen LogP contribution in [0.4, 0.5) is 20.3 Å². The molecule has 3 atom stereocenters. The molecule has 1 saturated carbocycles. The molecular weight excluding hydrogens is 947 g/mol. The number of aromatic nitrogens is 3. The maximum atomic E-state index is 17.3. The molecule has 3 unspecified atom stereocenters. The number of ether oxygens (including phenoxy) is 1. The number of phenolic OH excluding ortho intramolecular Hbond substituents is 1. The van der Waals surface area contributed by atoms with Crippen molar-refractivity contribution in [1.82, 2.24) is 39.9 Å². The molecular formula is C56H60F2N10O6. The van der Waals surface area contributed by atoms with Gasteiger partial charge in [0.2, 0.25) is 17.7 Å². The number of anilines is 2. The lowest BCUT2D eigenvalue weighted by molar-refractivity contribution is -0.137. The van der Waals surface area contributed by atoms with Gasteiger partial charge in [0.15, 0.2) is 5.82 Å². The van der Waals surface area contributed by atoms with Crippen LogP contribution in [-0.4, -0.2) is 153 Å². The Morgan fingerprint density at radius 3 is 2.38 bits per heavy atom. The van der Waals surface area contributed by atoms with E-state index in [0.29, 0.717) is 67.2 Å². The van der Waals surface area contributed by atoms with Gasteiger partial charge in [0, 0.05) is 131 Å². The van der Waals surface area contributed by atoms with Gasteiger partial charge in [-0.2, -0.15) is 9.97 Å². The first-order valence-corrected chi connectivity index (χ1v) is 26.3. The molecule has 5 saturated heterocycles. The molecule has 6 fully saturated rings. The second-order valence-corrected chi connectivity index (χ2v) is 21.7. The molecule has 7 aliphatic rings. The smallest absolute Gasteiger partial charge is 0.319 e. The van der Waals surface area contributed by atoms with Crippen LogP contribution in [0.15, 0.2) is 48.7 Å². The average Bonchev–Trinajstić information content (AvgIpc) is 4.03. The van der Waals surface area contributed by atoms with Crippen LogP contribution in [-0.2, 0) is 20.9 Å². The molecule has 8 heterocycles. The molecule has 74 heavy (non-hydrogen) atoms. The van der Waals surface area contributed by atoms with Crippen LogP contribution < -0.4 is 19.9 Å². The van der Waals surface area contributed by atoms with Gasteiger partial charge in [-0.05, 0) is 98.2 Å². The number of nitrogens with one attached hydrogen (secondary N) is 1. The zero-order chi connectivity index (χ0) is 51.0. The predicted octanol–water partition coefficient (Wildman–Crippen LogP) is 5.85. The summed E-state index contributed by atoms with van der Waals surface area (Å²) < 4.78 is 39.0. The van der Waals surface area contributed by atoms with Gasteiger partial charge in [0.25, 0.3) is 5.91 Å². The van der Waals surface area contributed by atoms with E-state index in [0.717, 1.165) is 102 Å². The number of piperazine rings is 2. The molecule has 4 amide bonds. The maximum Gasteiger partial charge on any atom is 0.319 e. The number of amides is 4. The number of terminal acetylenes is 1. The van der Waals surface area contributed by atoms with E-state index in [9.17, 15) is 24.3 Å².